The number of ether oxygens (including phenoxy) is 1. The van der Waals surface area contributed by atoms with Crippen LogP contribution in [0.2, 0.25) is 0 Å². The lowest BCUT2D eigenvalue weighted by atomic mass is 10.0. The first-order valence-electron chi connectivity index (χ1n) is 9.63. The molecule has 0 atom stereocenters. The fourth-order valence-electron chi connectivity index (χ4n) is 3.18. The van der Waals surface area contributed by atoms with E-state index in [0.717, 1.165) is 64.0 Å². The van der Waals surface area contributed by atoms with E-state index in [0.29, 0.717) is 0 Å². The molecule has 1 heterocycles. The molecular formula is C21H31N3O. The third kappa shape index (κ3) is 6.20. The molecule has 4 nitrogen and oxygen atoms in total. The summed E-state index contributed by atoms with van der Waals surface area (Å²) < 4.78 is 5.69. The number of rotatable bonds is 7. The van der Waals surface area contributed by atoms with Crippen LogP contribution in [0.1, 0.15) is 37.7 Å². The molecule has 0 amide bonds. The first-order chi connectivity index (χ1) is 12.3. The molecule has 4 heteroatoms. The maximum atomic E-state index is 5.69. The highest BCUT2D eigenvalue weighted by atomic mass is 16.5. The Morgan fingerprint density at radius 2 is 2.00 bits per heavy atom. The Morgan fingerprint density at radius 3 is 2.68 bits per heavy atom. The maximum absolute atomic E-state index is 5.69. The smallest absolute Gasteiger partial charge is 0.193 e. The number of benzene rings is 1. The summed E-state index contributed by atoms with van der Waals surface area (Å²) in [6.45, 7) is 4.81. The van der Waals surface area contributed by atoms with Crippen LogP contribution in [0.4, 0.5) is 0 Å². The van der Waals surface area contributed by atoms with Gasteiger partial charge in [0.1, 0.15) is 0 Å². The molecule has 1 N–H and O–H groups in total. The van der Waals surface area contributed by atoms with Gasteiger partial charge in [0.05, 0.1) is 0 Å². The van der Waals surface area contributed by atoms with Crippen LogP contribution in [0, 0.1) is 5.92 Å². The highest BCUT2D eigenvalue weighted by Crippen LogP contribution is 2.28. The molecule has 1 saturated heterocycles. The Kier molecular flexibility index (Phi) is 6.92. The zero-order valence-corrected chi connectivity index (χ0v) is 15.4. The average Bonchev–Trinajstić information content (AvgIpc) is 3.47. The van der Waals surface area contributed by atoms with Crippen LogP contribution in [-0.4, -0.2) is 50.8 Å². The molecule has 1 aromatic rings. The van der Waals surface area contributed by atoms with Crippen molar-refractivity contribution < 1.29 is 4.74 Å². The molecule has 25 heavy (non-hydrogen) atoms. The van der Waals surface area contributed by atoms with E-state index in [4.69, 9.17) is 4.74 Å². The third-order valence-corrected chi connectivity index (χ3v) is 4.89. The molecule has 1 aromatic carbocycles. The van der Waals surface area contributed by atoms with E-state index in [1.807, 2.05) is 7.05 Å². The number of guanidine groups is 1. The van der Waals surface area contributed by atoms with E-state index in [1.54, 1.807) is 0 Å². The molecule has 1 aliphatic carbocycles. The summed E-state index contributed by atoms with van der Waals surface area (Å²) in [6.07, 6.45) is 8.32. The molecule has 0 unspecified atom stereocenters. The Labute approximate surface area is 152 Å². The van der Waals surface area contributed by atoms with Crippen LogP contribution in [0.15, 0.2) is 40.9 Å². The first kappa shape index (κ1) is 18.0. The molecule has 0 aromatic heterocycles. The first-order valence-corrected chi connectivity index (χ1v) is 9.63. The second-order valence-corrected chi connectivity index (χ2v) is 7.05. The van der Waals surface area contributed by atoms with Gasteiger partial charge in [0.25, 0.3) is 0 Å². The quantitative estimate of drug-likeness (QED) is 0.468. The van der Waals surface area contributed by atoms with Crippen molar-refractivity contribution in [1.82, 2.24) is 10.2 Å². The van der Waals surface area contributed by atoms with Gasteiger partial charge in [-0.05, 0) is 43.6 Å². The number of nitrogens with zero attached hydrogens (tertiary/aromatic N) is 2. The van der Waals surface area contributed by atoms with Crippen molar-refractivity contribution >= 4 is 12.0 Å². The summed E-state index contributed by atoms with van der Waals surface area (Å²) in [4.78, 5) is 6.82. The van der Waals surface area contributed by atoms with Gasteiger partial charge in [0, 0.05) is 39.9 Å². The third-order valence-electron chi connectivity index (χ3n) is 4.89. The Balaban J connectivity index is 1.35. The second-order valence-electron chi connectivity index (χ2n) is 7.05. The number of piperidine rings is 1. The summed E-state index contributed by atoms with van der Waals surface area (Å²) in [5.41, 5.74) is 2.84. The van der Waals surface area contributed by atoms with E-state index in [2.05, 4.69) is 51.6 Å². The summed E-state index contributed by atoms with van der Waals surface area (Å²) in [5, 5.41) is 3.48. The second kappa shape index (κ2) is 9.62. The molecule has 0 radical (unpaired) electrons. The average molecular weight is 341 g/mol. The minimum atomic E-state index is 0.852. The van der Waals surface area contributed by atoms with Gasteiger partial charge in [-0.1, -0.05) is 42.0 Å². The Hall–Kier alpha value is -1.81. The van der Waals surface area contributed by atoms with Crippen LogP contribution in [-0.2, 0) is 4.74 Å². The van der Waals surface area contributed by atoms with E-state index in [-0.39, 0.29) is 0 Å². The largest absolute Gasteiger partial charge is 0.381 e. The van der Waals surface area contributed by atoms with Gasteiger partial charge in [0.15, 0.2) is 5.96 Å². The lowest BCUT2D eigenvalue weighted by molar-refractivity contribution is 0.122. The zero-order valence-electron chi connectivity index (χ0n) is 15.4. The SMILES string of the molecule is CN=C(NCCCOCC1CC1)N1CCC(=Cc2ccccc2)CC1. The summed E-state index contributed by atoms with van der Waals surface area (Å²) in [5.74, 6) is 1.88. The maximum Gasteiger partial charge on any atom is 0.193 e. The summed E-state index contributed by atoms with van der Waals surface area (Å²) >= 11 is 0. The minimum Gasteiger partial charge on any atom is -0.381 e. The van der Waals surface area contributed by atoms with Gasteiger partial charge in [-0.25, -0.2) is 0 Å². The van der Waals surface area contributed by atoms with Crippen molar-refractivity contribution in [2.75, 3.05) is 39.9 Å². The minimum absolute atomic E-state index is 0.852. The molecule has 3 rings (SSSR count). The number of aliphatic imine (C=N–C) groups is 1. The van der Waals surface area contributed by atoms with Crippen LogP contribution in [0.25, 0.3) is 6.08 Å². The van der Waals surface area contributed by atoms with Crippen molar-refractivity contribution in [3.63, 3.8) is 0 Å². The van der Waals surface area contributed by atoms with Gasteiger partial charge >= 0.3 is 0 Å². The Morgan fingerprint density at radius 1 is 1.24 bits per heavy atom. The van der Waals surface area contributed by atoms with Crippen molar-refractivity contribution in [3.8, 4) is 0 Å². The van der Waals surface area contributed by atoms with Gasteiger partial charge in [-0.2, -0.15) is 0 Å². The molecule has 136 valence electrons. The molecular weight excluding hydrogens is 310 g/mol. The monoisotopic (exact) mass is 341 g/mol. The van der Waals surface area contributed by atoms with Crippen molar-refractivity contribution in [3.05, 3.63) is 41.5 Å². The van der Waals surface area contributed by atoms with Gasteiger partial charge in [-0.15, -0.1) is 0 Å². The van der Waals surface area contributed by atoms with Crippen molar-refractivity contribution in [1.29, 1.82) is 0 Å². The molecule has 2 fully saturated rings. The Bertz CT molecular complexity index is 568. The van der Waals surface area contributed by atoms with Crippen LogP contribution >= 0.6 is 0 Å². The standard InChI is InChI=1S/C21H31N3O/c1-22-21(23-12-5-15-25-17-20-8-9-20)24-13-10-19(11-14-24)16-18-6-3-2-4-7-18/h2-4,6-7,16,20H,5,8-15,17H2,1H3,(H,22,23). The van der Waals surface area contributed by atoms with Crippen LogP contribution < -0.4 is 5.32 Å². The van der Waals surface area contributed by atoms with E-state index >= 15 is 0 Å². The lowest BCUT2D eigenvalue weighted by Gasteiger charge is -2.31. The fourth-order valence-corrected chi connectivity index (χ4v) is 3.18. The van der Waals surface area contributed by atoms with Gasteiger partial charge in [-0.3, -0.25) is 4.99 Å². The highest BCUT2D eigenvalue weighted by Gasteiger charge is 2.21. The highest BCUT2D eigenvalue weighted by molar-refractivity contribution is 5.80. The predicted molar refractivity (Wildman–Crippen MR) is 105 cm³/mol. The molecule has 2 aliphatic rings. The summed E-state index contributed by atoms with van der Waals surface area (Å²) in [6, 6.07) is 10.6. The van der Waals surface area contributed by atoms with Crippen LogP contribution in [0.3, 0.4) is 0 Å². The normalized spacial score (nSPS) is 18.4. The molecule has 0 spiro atoms. The number of hydrogen-bond donors (Lipinski definition) is 1. The zero-order chi connectivity index (χ0) is 17.3. The predicted octanol–water partition coefficient (Wildman–Crippen LogP) is 3.56. The van der Waals surface area contributed by atoms with E-state index < -0.39 is 0 Å². The lowest BCUT2D eigenvalue weighted by Crippen LogP contribution is -2.44. The van der Waals surface area contributed by atoms with E-state index in [1.165, 1.54) is 24.0 Å². The number of hydrogen-bond acceptors (Lipinski definition) is 2. The van der Waals surface area contributed by atoms with Crippen molar-refractivity contribution in [2.24, 2.45) is 10.9 Å². The number of nitrogens with one attached hydrogen (secondary N) is 1. The van der Waals surface area contributed by atoms with Gasteiger partial charge in [0.2, 0.25) is 0 Å². The molecule has 0 bridgehead atoms. The summed E-state index contributed by atoms with van der Waals surface area (Å²) in [7, 11) is 1.88. The van der Waals surface area contributed by atoms with Crippen molar-refractivity contribution in [2.45, 2.75) is 32.1 Å². The van der Waals surface area contributed by atoms with E-state index in [9.17, 15) is 0 Å². The van der Waals surface area contributed by atoms with Gasteiger partial charge < -0.3 is 15.0 Å². The number of likely N-dealkylation sites (tertiary alicyclic amines) is 1. The fraction of sp³-hybridized carbons (Fsp3) is 0.571. The molecule has 1 saturated carbocycles. The van der Waals surface area contributed by atoms with Crippen LogP contribution in [0.5, 0.6) is 0 Å². The topological polar surface area (TPSA) is 36.9 Å². The molecule has 1 aliphatic heterocycles.